The van der Waals surface area contributed by atoms with Crippen LogP contribution in [0.25, 0.3) is 17.2 Å². The fraction of sp³-hybridized carbons (Fsp3) is 0.0526. The van der Waals surface area contributed by atoms with E-state index in [2.05, 4.69) is 16.0 Å². The molecule has 0 aromatic heterocycles. The molecule has 4 N–H and O–H groups in total. The summed E-state index contributed by atoms with van der Waals surface area (Å²) < 4.78 is 0. The maximum atomic E-state index is 13.5. The average Bonchev–Trinajstić information content (AvgIpc) is 3.10. The number of hydrogen-bond acceptors (Lipinski definition) is 5. The molecule has 8 nitrogen and oxygen atoms in total. The van der Waals surface area contributed by atoms with Crippen LogP contribution in [0.2, 0.25) is 5.02 Å². The van der Waals surface area contributed by atoms with Crippen molar-refractivity contribution in [2.75, 3.05) is 10.6 Å². The molecule has 5 rings (SSSR count). The summed E-state index contributed by atoms with van der Waals surface area (Å²) in [5.41, 5.74) is 3.98. The second-order valence-electron chi connectivity index (χ2n) is 10.6. The number of carbonyl (C=O) groups excluding carboxylic acids is 3. The lowest BCUT2D eigenvalue weighted by molar-refractivity contribution is -0.115. The summed E-state index contributed by atoms with van der Waals surface area (Å²) in [5.74, 6) is -2.43. The van der Waals surface area contributed by atoms with E-state index in [1.165, 1.54) is 30.0 Å². The molecule has 0 bridgehead atoms. The van der Waals surface area contributed by atoms with Gasteiger partial charge in [-0.2, -0.15) is 0 Å². The zero-order valence-corrected chi connectivity index (χ0v) is 27.2. The predicted octanol–water partition coefficient (Wildman–Crippen LogP) is 8.23. The molecule has 1 unspecified atom stereocenters. The van der Waals surface area contributed by atoms with Crippen LogP contribution in [0.1, 0.15) is 33.2 Å². The maximum absolute atomic E-state index is 13.5. The van der Waals surface area contributed by atoms with Gasteiger partial charge in [-0.25, -0.2) is 4.79 Å². The number of hydrogen-bond donors (Lipinski definition) is 4. The van der Waals surface area contributed by atoms with Crippen LogP contribution in [0.15, 0.2) is 138 Å². The van der Waals surface area contributed by atoms with E-state index in [9.17, 15) is 24.3 Å². The van der Waals surface area contributed by atoms with Crippen molar-refractivity contribution in [2.45, 2.75) is 17.1 Å². The van der Waals surface area contributed by atoms with Crippen LogP contribution in [0.3, 0.4) is 0 Å². The number of amides is 3. The van der Waals surface area contributed by atoms with E-state index in [1.54, 1.807) is 67.6 Å². The van der Waals surface area contributed by atoms with Gasteiger partial charge in [-0.1, -0.05) is 84.4 Å². The summed E-state index contributed by atoms with van der Waals surface area (Å²) in [4.78, 5) is 51.4. The number of carboxylic acids is 1. The van der Waals surface area contributed by atoms with Crippen LogP contribution in [0.4, 0.5) is 11.4 Å². The largest absolute Gasteiger partial charge is 0.478 e. The molecule has 0 spiro atoms. The lowest BCUT2D eigenvalue weighted by atomic mass is 10.0. The first-order valence-electron chi connectivity index (χ1n) is 14.8. The van der Waals surface area contributed by atoms with Gasteiger partial charge in [0.25, 0.3) is 11.8 Å². The fourth-order valence-corrected chi connectivity index (χ4v) is 5.61. The van der Waals surface area contributed by atoms with Crippen LogP contribution >= 0.6 is 23.4 Å². The van der Waals surface area contributed by atoms with E-state index in [-0.39, 0.29) is 27.9 Å². The van der Waals surface area contributed by atoms with Crippen LogP contribution in [0.5, 0.6) is 0 Å². The normalized spacial score (nSPS) is 11.7. The highest BCUT2D eigenvalue weighted by Crippen LogP contribution is 2.28. The standard InChI is InChI=1S/C38H30ClN3O5S/c1-24(35(43)41-33-23-29(38(46)47)16-21-32(33)39)48-31-19-17-30(18-20-31)40-37(45)34(42-36(44)28-10-6-3-7-11-28)22-25-12-14-27(15-13-25)26-8-4-2-5-9-26/h2-24H,1H3,(H,40,45)(H,41,43)(H,42,44)(H,46,47)/b34-22-. The molecular weight excluding hydrogens is 646 g/mol. The monoisotopic (exact) mass is 675 g/mol. The Morgan fingerprint density at radius 3 is 2.00 bits per heavy atom. The van der Waals surface area contributed by atoms with Gasteiger partial charge in [0, 0.05) is 16.1 Å². The van der Waals surface area contributed by atoms with Crippen molar-refractivity contribution in [3.8, 4) is 11.1 Å². The average molecular weight is 676 g/mol. The number of carbonyl (C=O) groups is 4. The minimum absolute atomic E-state index is 0.00578. The molecular formula is C38H30ClN3O5S. The van der Waals surface area contributed by atoms with E-state index in [1.807, 2.05) is 54.6 Å². The van der Waals surface area contributed by atoms with E-state index in [4.69, 9.17) is 11.6 Å². The zero-order valence-electron chi connectivity index (χ0n) is 25.6. The van der Waals surface area contributed by atoms with Crippen molar-refractivity contribution >= 4 is 64.5 Å². The highest BCUT2D eigenvalue weighted by atomic mass is 35.5. The summed E-state index contributed by atoms with van der Waals surface area (Å²) in [6.45, 7) is 1.71. The van der Waals surface area contributed by atoms with E-state index in [0.717, 1.165) is 21.6 Å². The van der Waals surface area contributed by atoms with Crippen molar-refractivity contribution in [1.29, 1.82) is 0 Å². The van der Waals surface area contributed by atoms with Gasteiger partial charge < -0.3 is 21.1 Å². The Morgan fingerprint density at radius 2 is 1.35 bits per heavy atom. The van der Waals surface area contributed by atoms with Gasteiger partial charge in [0.1, 0.15) is 5.70 Å². The van der Waals surface area contributed by atoms with Gasteiger partial charge in [-0.3, -0.25) is 14.4 Å². The second kappa shape index (κ2) is 15.8. The number of carboxylic acid groups (broad SMARTS) is 1. The molecule has 3 amide bonds. The number of benzene rings is 5. The first-order valence-corrected chi connectivity index (χ1v) is 16.1. The number of aromatic carboxylic acids is 1. The van der Waals surface area contributed by atoms with Crippen LogP contribution in [-0.4, -0.2) is 34.0 Å². The summed E-state index contributed by atoms with van der Waals surface area (Å²) in [6.07, 6.45) is 1.62. The van der Waals surface area contributed by atoms with Crippen LogP contribution < -0.4 is 16.0 Å². The third kappa shape index (κ3) is 9.00. The first-order chi connectivity index (χ1) is 23.2. The van der Waals surface area contributed by atoms with Gasteiger partial charge in [-0.05, 0) is 84.3 Å². The molecule has 5 aromatic rings. The summed E-state index contributed by atoms with van der Waals surface area (Å²) >= 11 is 7.42. The number of nitrogens with one attached hydrogen (secondary N) is 3. The minimum atomic E-state index is -1.13. The first kappa shape index (κ1) is 33.7. The Bertz CT molecular complexity index is 1970. The van der Waals surface area contributed by atoms with Crippen molar-refractivity contribution in [3.05, 3.63) is 155 Å². The van der Waals surface area contributed by atoms with Gasteiger partial charge in [0.2, 0.25) is 5.91 Å². The topological polar surface area (TPSA) is 125 Å². The summed E-state index contributed by atoms with van der Waals surface area (Å²) in [5, 5.41) is 17.2. The van der Waals surface area contributed by atoms with Crippen molar-refractivity contribution in [2.24, 2.45) is 0 Å². The van der Waals surface area contributed by atoms with Gasteiger partial charge in [0.15, 0.2) is 0 Å². The van der Waals surface area contributed by atoms with Gasteiger partial charge >= 0.3 is 5.97 Å². The molecule has 1 atom stereocenters. The molecule has 0 saturated heterocycles. The van der Waals surface area contributed by atoms with E-state index in [0.29, 0.717) is 11.3 Å². The van der Waals surface area contributed by atoms with E-state index < -0.39 is 23.0 Å². The van der Waals surface area contributed by atoms with Crippen molar-refractivity contribution in [3.63, 3.8) is 0 Å². The molecule has 10 heteroatoms. The van der Waals surface area contributed by atoms with Crippen molar-refractivity contribution < 1.29 is 24.3 Å². The number of anilines is 2. The van der Waals surface area contributed by atoms with Gasteiger partial charge in [-0.15, -0.1) is 11.8 Å². The smallest absolute Gasteiger partial charge is 0.335 e. The molecule has 5 aromatic carbocycles. The minimum Gasteiger partial charge on any atom is -0.478 e. The number of thioether (sulfide) groups is 1. The molecule has 48 heavy (non-hydrogen) atoms. The van der Waals surface area contributed by atoms with Crippen molar-refractivity contribution in [1.82, 2.24) is 5.32 Å². The van der Waals surface area contributed by atoms with Gasteiger partial charge in [0.05, 0.1) is 21.5 Å². The Labute approximate surface area is 286 Å². The Hall–Kier alpha value is -5.64. The maximum Gasteiger partial charge on any atom is 0.335 e. The molecule has 240 valence electrons. The third-order valence-electron chi connectivity index (χ3n) is 7.12. The highest BCUT2D eigenvalue weighted by Gasteiger charge is 2.18. The fourth-order valence-electron chi connectivity index (χ4n) is 4.57. The van der Waals surface area contributed by atoms with Crippen LogP contribution in [-0.2, 0) is 9.59 Å². The molecule has 0 aliphatic rings. The Balaban J connectivity index is 1.27. The molecule has 0 fully saturated rings. The van der Waals surface area contributed by atoms with E-state index >= 15 is 0 Å². The molecule has 0 aliphatic heterocycles. The molecule has 0 aliphatic carbocycles. The highest BCUT2D eigenvalue weighted by molar-refractivity contribution is 8.00. The summed E-state index contributed by atoms with van der Waals surface area (Å²) in [7, 11) is 0. The Kier molecular flexibility index (Phi) is 11.1. The molecule has 0 saturated carbocycles. The SMILES string of the molecule is CC(Sc1ccc(NC(=O)/C(=C/c2ccc(-c3ccccc3)cc2)NC(=O)c2ccccc2)cc1)C(=O)Nc1cc(C(=O)O)ccc1Cl. The van der Waals surface area contributed by atoms with Crippen LogP contribution in [0, 0.1) is 0 Å². The Morgan fingerprint density at radius 1 is 0.729 bits per heavy atom. The predicted molar refractivity (Wildman–Crippen MR) is 191 cm³/mol. The molecule has 0 heterocycles. The number of halogens is 1. The number of rotatable bonds is 11. The lowest BCUT2D eigenvalue weighted by Crippen LogP contribution is -2.30. The third-order valence-corrected chi connectivity index (χ3v) is 8.56. The summed E-state index contributed by atoms with van der Waals surface area (Å²) in [6, 6.07) is 37.2. The second-order valence-corrected chi connectivity index (χ2v) is 12.4. The quantitative estimate of drug-likeness (QED) is 0.0826. The zero-order chi connectivity index (χ0) is 34.0. The lowest BCUT2D eigenvalue weighted by Gasteiger charge is -2.14. The molecule has 0 radical (unpaired) electrons.